The van der Waals surface area contributed by atoms with Crippen molar-refractivity contribution in [3.63, 3.8) is 0 Å². The molecular formula is C18H20N4. The molecule has 4 heteroatoms. The van der Waals surface area contributed by atoms with Crippen LogP contribution in [0.25, 0.3) is 5.69 Å². The number of rotatable bonds is 3. The predicted octanol–water partition coefficient (Wildman–Crippen LogP) is 3.25. The van der Waals surface area contributed by atoms with Crippen LogP contribution >= 0.6 is 0 Å². The highest BCUT2D eigenvalue weighted by molar-refractivity contribution is 5.30. The van der Waals surface area contributed by atoms with E-state index in [2.05, 4.69) is 52.9 Å². The first kappa shape index (κ1) is 13.3. The number of nitrogens with zero attached hydrogens (tertiary/aromatic N) is 4. The van der Waals surface area contributed by atoms with Gasteiger partial charge in [-0.05, 0) is 37.3 Å². The van der Waals surface area contributed by atoms with E-state index in [-0.39, 0.29) is 0 Å². The molecule has 1 aromatic carbocycles. The first-order chi connectivity index (χ1) is 10.8. The number of fused-ring (bicyclic) bond motifs is 1. The van der Waals surface area contributed by atoms with Crippen molar-refractivity contribution >= 4 is 0 Å². The highest BCUT2D eigenvalue weighted by atomic mass is 15.3. The molecule has 1 atom stereocenters. The van der Waals surface area contributed by atoms with Crippen molar-refractivity contribution in [3.05, 3.63) is 72.3 Å². The first-order valence-electron chi connectivity index (χ1n) is 7.80. The van der Waals surface area contributed by atoms with Crippen LogP contribution in [0.4, 0.5) is 0 Å². The number of hydrogen-bond acceptors (Lipinski definition) is 2. The van der Waals surface area contributed by atoms with Gasteiger partial charge in [0.1, 0.15) is 0 Å². The third-order valence-corrected chi connectivity index (χ3v) is 4.50. The molecule has 0 N–H and O–H groups in total. The molecule has 1 aliphatic rings. The summed E-state index contributed by atoms with van der Waals surface area (Å²) in [5, 5.41) is 4.72. The lowest BCUT2D eigenvalue weighted by Crippen LogP contribution is -2.36. The first-order valence-corrected chi connectivity index (χ1v) is 7.80. The van der Waals surface area contributed by atoms with E-state index in [0.29, 0.717) is 6.04 Å². The summed E-state index contributed by atoms with van der Waals surface area (Å²) >= 11 is 0. The van der Waals surface area contributed by atoms with Gasteiger partial charge in [0.05, 0.1) is 11.4 Å². The van der Waals surface area contributed by atoms with Crippen molar-refractivity contribution < 1.29 is 0 Å². The summed E-state index contributed by atoms with van der Waals surface area (Å²) in [4.78, 5) is 2.49. The fourth-order valence-corrected chi connectivity index (χ4v) is 3.22. The Morgan fingerprint density at radius 1 is 1.00 bits per heavy atom. The van der Waals surface area contributed by atoms with Gasteiger partial charge in [-0.15, -0.1) is 0 Å². The monoisotopic (exact) mass is 292 g/mol. The van der Waals surface area contributed by atoms with Crippen LogP contribution in [0.15, 0.2) is 60.9 Å². The summed E-state index contributed by atoms with van der Waals surface area (Å²) in [5.41, 5.74) is 3.62. The van der Waals surface area contributed by atoms with Gasteiger partial charge in [-0.3, -0.25) is 4.90 Å². The maximum absolute atomic E-state index is 4.72. The zero-order valence-corrected chi connectivity index (χ0v) is 12.8. The van der Waals surface area contributed by atoms with Crippen LogP contribution < -0.4 is 0 Å². The van der Waals surface area contributed by atoms with E-state index >= 15 is 0 Å². The van der Waals surface area contributed by atoms with E-state index in [1.54, 1.807) is 0 Å². The summed E-state index contributed by atoms with van der Waals surface area (Å²) in [7, 11) is 0. The SMILES string of the molecule is CC1c2cccn2CCN1Cc1ccn(-c2ccccc2)n1. The minimum atomic E-state index is 0.436. The van der Waals surface area contributed by atoms with E-state index in [1.165, 1.54) is 5.69 Å². The van der Waals surface area contributed by atoms with Crippen LogP contribution in [-0.2, 0) is 13.1 Å². The molecule has 0 fully saturated rings. The Kier molecular flexibility index (Phi) is 3.31. The van der Waals surface area contributed by atoms with Gasteiger partial charge >= 0.3 is 0 Å². The number of aromatic nitrogens is 3. The standard InChI is InChI=1S/C18H20N4/c1-15-18-8-5-10-20(18)12-13-21(15)14-16-9-11-22(19-16)17-6-3-2-4-7-17/h2-11,15H,12-14H2,1H3. The topological polar surface area (TPSA) is 26.0 Å². The predicted molar refractivity (Wildman–Crippen MR) is 86.8 cm³/mol. The quantitative estimate of drug-likeness (QED) is 0.740. The lowest BCUT2D eigenvalue weighted by molar-refractivity contribution is 0.158. The number of hydrogen-bond donors (Lipinski definition) is 0. The van der Waals surface area contributed by atoms with Gasteiger partial charge in [-0.2, -0.15) is 5.10 Å². The lowest BCUT2D eigenvalue weighted by atomic mass is 10.1. The molecule has 22 heavy (non-hydrogen) atoms. The van der Waals surface area contributed by atoms with Crippen molar-refractivity contribution in [2.45, 2.75) is 26.1 Å². The minimum Gasteiger partial charge on any atom is -0.349 e. The van der Waals surface area contributed by atoms with Gasteiger partial charge in [-0.1, -0.05) is 18.2 Å². The molecule has 4 rings (SSSR count). The summed E-state index contributed by atoms with van der Waals surface area (Å²) in [5.74, 6) is 0. The third kappa shape index (κ3) is 2.35. The lowest BCUT2D eigenvalue weighted by Gasteiger charge is -2.34. The Bertz CT molecular complexity index is 756. The van der Waals surface area contributed by atoms with Crippen molar-refractivity contribution in [2.75, 3.05) is 6.54 Å². The molecular weight excluding hydrogens is 272 g/mol. The van der Waals surface area contributed by atoms with Gasteiger partial charge in [0.15, 0.2) is 0 Å². The van der Waals surface area contributed by atoms with E-state index in [9.17, 15) is 0 Å². The molecule has 0 amide bonds. The maximum atomic E-state index is 4.72. The van der Waals surface area contributed by atoms with Crippen LogP contribution in [0, 0.1) is 0 Å². The van der Waals surface area contributed by atoms with E-state index in [0.717, 1.165) is 31.0 Å². The molecule has 112 valence electrons. The van der Waals surface area contributed by atoms with Crippen molar-refractivity contribution in [3.8, 4) is 5.69 Å². The Morgan fingerprint density at radius 3 is 2.73 bits per heavy atom. The van der Waals surface area contributed by atoms with Crippen LogP contribution in [0.1, 0.15) is 24.4 Å². The maximum Gasteiger partial charge on any atom is 0.0769 e. The average Bonchev–Trinajstić information content (AvgIpc) is 3.20. The molecule has 3 aromatic rings. The normalized spacial score (nSPS) is 18.3. The van der Waals surface area contributed by atoms with Crippen molar-refractivity contribution in [2.24, 2.45) is 0 Å². The summed E-state index contributed by atoms with van der Waals surface area (Å²) < 4.78 is 4.30. The molecule has 1 unspecified atom stereocenters. The smallest absolute Gasteiger partial charge is 0.0769 e. The van der Waals surface area contributed by atoms with Crippen molar-refractivity contribution in [1.29, 1.82) is 0 Å². The highest BCUT2D eigenvalue weighted by Crippen LogP contribution is 2.26. The molecule has 3 heterocycles. The van der Waals surface area contributed by atoms with Crippen LogP contribution in [0.5, 0.6) is 0 Å². The van der Waals surface area contributed by atoms with Gasteiger partial charge in [-0.25, -0.2) is 4.68 Å². The Morgan fingerprint density at radius 2 is 1.86 bits per heavy atom. The summed E-state index contributed by atoms with van der Waals surface area (Å²) in [6.45, 7) is 5.30. The second-order valence-electron chi connectivity index (χ2n) is 5.86. The van der Waals surface area contributed by atoms with Crippen LogP contribution in [0.3, 0.4) is 0 Å². The van der Waals surface area contributed by atoms with Crippen LogP contribution in [0.2, 0.25) is 0 Å². The second kappa shape index (κ2) is 5.46. The van der Waals surface area contributed by atoms with E-state index in [4.69, 9.17) is 5.10 Å². The van der Waals surface area contributed by atoms with Crippen molar-refractivity contribution in [1.82, 2.24) is 19.2 Å². The second-order valence-corrected chi connectivity index (χ2v) is 5.86. The molecule has 0 radical (unpaired) electrons. The highest BCUT2D eigenvalue weighted by Gasteiger charge is 2.23. The Balaban J connectivity index is 1.52. The molecule has 0 saturated heterocycles. The fraction of sp³-hybridized carbons (Fsp3) is 0.278. The summed E-state index contributed by atoms with van der Waals surface area (Å²) in [6, 6.07) is 17.2. The summed E-state index contributed by atoms with van der Waals surface area (Å²) in [6.07, 6.45) is 4.22. The Labute approximate surface area is 130 Å². The van der Waals surface area contributed by atoms with E-state index in [1.807, 2.05) is 29.1 Å². The molecule has 4 nitrogen and oxygen atoms in total. The van der Waals surface area contributed by atoms with Gasteiger partial charge < -0.3 is 4.57 Å². The number of para-hydroxylation sites is 1. The third-order valence-electron chi connectivity index (χ3n) is 4.50. The molecule has 1 aliphatic heterocycles. The van der Waals surface area contributed by atoms with E-state index < -0.39 is 0 Å². The fourth-order valence-electron chi connectivity index (χ4n) is 3.22. The number of benzene rings is 1. The minimum absolute atomic E-state index is 0.436. The Hall–Kier alpha value is -2.33. The molecule has 0 spiro atoms. The van der Waals surface area contributed by atoms with Gasteiger partial charge in [0.25, 0.3) is 0 Å². The molecule has 0 aliphatic carbocycles. The largest absolute Gasteiger partial charge is 0.349 e. The zero-order valence-electron chi connectivity index (χ0n) is 12.8. The molecule has 0 saturated carbocycles. The zero-order chi connectivity index (χ0) is 14.9. The van der Waals surface area contributed by atoms with Gasteiger partial charge in [0, 0.05) is 43.8 Å². The average molecular weight is 292 g/mol. The molecule has 2 aromatic heterocycles. The van der Waals surface area contributed by atoms with Crippen LogP contribution in [-0.4, -0.2) is 25.8 Å². The molecule has 0 bridgehead atoms. The van der Waals surface area contributed by atoms with Gasteiger partial charge in [0.2, 0.25) is 0 Å².